The van der Waals surface area contributed by atoms with E-state index < -0.39 is 0 Å². The third-order valence-electron chi connectivity index (χ3n) is 4.31. The Morgan fingerprint density at radius 1 is 1.12 bits per heavy atom. The highest BCUT2D eigenvalue weighted by atomic mass is 16.7. The first-order valence-electron chi connectivity index (χ1n) is 8.39. The zero-order chi connectivity index (χ0) is 17.9. The molecule has 1 aromatic heterocycles. The summed E-state index contributed by atoms with van der Waals surface area (Å²) < 4.78 is 12.6. The molecule has 0 saturated carbocycles. The smallest absolute Gasteiger partial charge is 0.253 e. The van der Waals surface area contributed by atoms with Crippen molar-refractivity contribution >= 4 is 5.91 Å². The van der Waals surface area contributed by atoms with Crippen molar-refractivity contribution in [3.05, 3.63) is 77.6 Å². The highest BCUT2D eigenvalue weighted by Crippen LogP contribution is 2.32. The molecule has 0 saturated heterocycles. The van der Waals surface area contributed by atoms with Crippen LogP contribution in [0.2, 0.25) is 0 Å². The van der Waals surface area contributed by atoms with Crippen molar-refractivity contribution in [1.82, 2.24) is 14.7 Å². The molecule has 6 heteroatoms. The van der Waals surface area contributed by atoms with Crippen LogP contribution in [-0.2, 0) is 13.1 Å². The van der Waals surface area contributed by atoms with E-state index in [1.54, 1.807) is 18.1 Å². The molecular weight excluding hydrogens is 330 g/mol. The Morgan fingerprint density at radius 3 is 2.65 bits per heavy atom. The van der Waals surface area contributed by atoms with Gasteiger partial charge in [-0.05, 0) is 41.5 Å². The molecule has 0 spiro atoms. The Kier molecular flexibility index (Phi) is 4.31. The summed E-state index contributed by atoms with van der Waals surface area (Å²) in [7, 11) is 1.80. The summed E-state index contributed by atoms with van der Waals surface area (Å²) in [6, 6.07) is 15.3. The van der Waals surface area contributed by atoms with Gasteiger partial charge in [-0.2, -0.15) is 5.10 Å². The second-order valence-corrected chi connectivity index (χ2v) is 6.25. The van der Waals surface area contributed by atoms with E-state index in [4.69, 9.17) is 9.47 Å². The average molecular weight is 349 g/mol. The number of fused-ring (bicyclic) bond motifs is 1. The molecular formula is C20H19N3O3. The maximum atomic E-state index is 12.7. The zero-order valence-corrected chi connectivity index (χ0v) is 14.5. The van der Waals surface area contributed by atoms with E-state index in [9.17, 15) is 4.79 Å². The van der Waals surface area contributed by atoms with E-state index in [1.807, 2.05) is 59.4 Å². The number of aromatic nitrogens is 2. The number of hydrogen-bond acceptors (Lipinski definition) is 4. The molecule has 26 heavy (non-hydrogen) atoms. The topological polar surface area (TPSA) is 56.6 Å². The van der Waals surface area contributed by atoms with Gasteiger partial charge in [-0.25, -0.2) is 0 Å². The van der Waals surface area contributed by atoms with Crippen molar-refractivity contribution in [2.45, 2.75) is 13.1 Å². The van der Waals surface area contributed by atoms with Gasteiger partial charge in [-0.3, -0.25) is 9.48 Å². The molecule has 0 fully saturated rings. The third-order valence-corrected chi connectivity index (χ3v) is 4.31. The Balaban J connectivity index is 1.41. The number of amides is 1. The summed E-state index contributed by atoms with van der Waals surface area (Å²) >= 11 is 0. The van der Waals surface area contributed by atoms with Crippen LogP contribution in [0.5, 0.6) is 11.5 Å². The Labute approximate surface area is 151 Å². The van der Waals surface area contributed by atoms with Crippen molar-refractivity contribution in [3.63, 3.8) is 0 Å². The second kappa shape index (κ2) is 6.92. The molecule has 1 aliphatic heterocycles. The van der Waals surface area contributed by atoms with E-state index in [0.717, 1.165) is 22.6 Å². The molecule has 0 N–H and O–H groups in total. The Morgan fingerprint density at radius 2 is 1.88 bits per heavy atom. The largest absolute Gasteiger partial charge is 0.454 e. The van der Waals surface area contributed by atoms with Gasteiger partial charge in [-0.15, -0.1) is 0 Å². The molecule has 3 aromatic rings. The molecule has 2 aromatic carbocycles. The summed E-state index contributed by atoms with van der Waals surface area (Å²) in [6.45, 7) is 1.44. The van der Waals surface area contributed by atoms with Gasteiger partial charge >= 0.3 is 0 Å². The maximum Gasteiger partial charge on any atom is 0.253 e. The summed E-state index contributed by atoms with van der Waals surface area (Å²) in [5.74, 6) is 1.45. The molecule has 4 rings (SSSR count). The van der Waals surface area contributed by atoms with Gasteiger partial charge in [0.2, 0.25) is 6.79 Å². The number of ether oxygens (including phenoxy) is 2. The minimum absolute atomic E-state index is 0.0201. The molecule has 0 bridgehead atoms. The molecule has 0 aliphatic carbocycles. The monoisotopic (exact) mass is 349 g/mol. The first-order valence-corrected chi connectivity index (χ1v) is 8.39. The number of carbonyl (C=O) groups excluding carboxylic acids is 1. The highest BCUT2D eigenvalue weighted by molar-refractivity contribution is 5.94. The van der Waals surface area contributed by atoms with Crippen LogP contribution in [0.1, 0.15) is 21.5 Å². The van der Waals surface area contributed by atoms with Crippen molar-refractivity contribution in [2.75, 3.05) is 13.8 Å². The number of hydrogen-bond donors (Lipinski definition) is 0. The number of rotatable bonds is 5. The number of benzene rings is 2. The average Bonchev–Trinajstić information content (AvgIpc) is 3.33. The minimum Gasteiger partial charge on any atom is -0.454 e. The SMILES string of the molecule is CN(Cc1ccc2c(c1)OCO2)C(=O)c1ccc(Cn2cccn2)cc1. The van der Waals surface area contributed by atoms with Crippen LogP contribution in [-0.4, -0.2) is 34.4 Å². The molecule has 0 atom stereocenters. The van der Waals surface area contributed by atoms with Crippen LogP contribution in [0.4, 0.5) is 0 Å². The summed E-state index contributed by atoms with van der Waals surface area (Å²) in [5.41, 5.74) is 2.77. The van der Waals surface area contributed by atoms with Gasteiger partial charge in [0.1, 0.15) is 0 Å². The summed E-state index contributed by atoms with van der Waals surface area (Å²) in [6.07, 6.45) is 3.67. The molecule has 1 amide bonds. The van der Waals surface area contributed by atoms with E-state index in [2.05, 4.69) is 5.10 Å². The fourth-order valence-electron chi connectivity index (χ4n) is 2.94. The first kappa shape index (κ1) is 16.2. The summed E-state index contributed by atoms with van der Waals surface area (Å²) in [5, 5.41) is 4.19. The van der Waals surface area contributed by atoms with Crippen molar-refractivity contribution in [3.8, 4) is 11.5 Å². The van der Waals surface area contributed by atoms with E-state index in [0.29, 0.717) is 18.7 Å². The molecule has 132 valence electrons. The van der Waals surface area contributed by atoms with Crippen molar-refractivity contribution in [2.24, 2.45) is 0 Å². The highest BCUT2D eigenvalue weighted by Gasteiger charge is 2.16. The van der Waals surface area contributed by atoms with Gasteiger partial charge in [0.05, 0.1) is 6.54 Å². The predicted octanol–water partition coefficient (Wildman–Crippen LogP) is 2.93. The molecule has 0 unspecified atom stereocenters. The predicted molar refractivity (Wildman–Crippen MR) is 96.1 cm³/mol. The lowest BCUT2D eigenvalue weighted by molar-refractivity contribution is 0.0785. The number of nitrogens with zero attached hydrogens (tertiary/aromatic N) is 3. The van der Waals surface area contributed by atoms with E-state index in [-0.39, 0.29) is 12.7 Å². The van der Waals surface area contributed by atoms with E-state index in [1.165, 1.54) is 0 Å². The van der Waals surface area contributed by atoms with Gasteiger partial charge in [0.15, 0.2) is 11.5 Å². The molecule has 1 aliphatic rings. The lowest BCUT2D eigenvalue weighted by atomic mass is 10.1. The van der Waals surface area contributed by atoms with Gasteiger partial charge in [0.25, 0.3) is 5.91 Å². The maximum absolute atomic E-state index is 12.7. The Bertz CT molecular complexity index is 905. The van der Waals surface area contributed by atoms with Crippen LogP contribution >= 0.6 is 0 Å². The first-order chi connectivity index (χ1) is 12.7. The fourth-order valence-corrected chi connectivity index (χ4v) is 2.94. The zero-order valence-electron chi connectivity index (χ0n) is 14.5. The quantitative estimate of drug-likeness (QED) is 0.711. The van der Waals surface area contributed by atoms with Crippen LogP contribution in [0.3, 0.4) is 0 Å². The van der Waals surface area contributed by atoms with Crippen LogP contribution in [0, 0.1) is 0 Å². The lowest BCUT2D eigenvalue weighted by Crippen LogP contribution is -2.26. The molecule has 0 radical (unpaired) electrons. The second-order valence-electron chi connectivity index (χ2n) is 6.25. The van der Waals surface area contributed by atoms with E-state index >= 15 is 0 Å². The van der Waals surface area contributed by atoms with Crippen molar-refractivity contribution in [1.29, 1.82) is 0 Å². The summed E-state index contributed by atoms with van der Waals surface area (Å²) in [4.78, 5) is 14.4. The lowest BCUT2D eigenvalue weighted by Gasteiger charge is -2.18. The molecule has 2 heterocycles. The fraction of sp³-hybridized carbons (Fsp3) is 0.200. The standard InChI is InChI=1S/C20H19N3O3/c1-22(12-16-5-8-18-19(11-16)26-14-25-18)20(24)17-6-3-15(4-7-17)13-23-10-2-9-21-23/h2-11H,12-14H2,1H3. The molecule has 6 nitrogen and oxygen atoms in total. The van der Waals surface area contributed by atoms with Crippen LogP contribution in [0.25, 0.3) is 0 Å². The van der Waals surface area contributed by atoms with Gasteiger partial charge in [-0.1, -0.05) is 18.2 Å². The minimum atomic E-state index is -0.0201. The van der Waals surface area contributed by atoms with Crippen LogP contribution < -0.4 is 9.47 Å². The van der Waals surface area contributed by atoms with Crippen molar-refractivity contribution < 1.29 is 14.3 Å². The van der Waals surface area contributed by atoms with Gasteiger partial charge < -0.3 is 14.4 Å². The number of carbonyl (C=O) groups is 1. The Hall–Kier alpha value is -3.28. The van der Waals surface area contributed by atoms with Crippen LogP contribution in [0.15, 0.2) is 60.9 Å². The normalized spacial score (nSPS) is 12.2. The third kappa shape index (κ3) is 3.39. The van der Waals surface area contributed by atoms with Gasteiger partial charge in [0, 0.05) is 31.5 Å².